The molecule has 0 aliphatic heterocycles. The predicted octanol–water partition coefficient (Wildman–Crippen LogP) is 2.45. The van der Waals surface area contributed by atoms with E-state index in [9.17, 15) is 4.79 Å². The van der Waals surface area contributed by atoms with Crippen LogP contribution in [0.3, 0.4) is 0 Å². The standard InChI is InChI=1S/C15H25NO3/c1-2-15(17)18-7-3-4-8-19-16-11-14-10-12-5-6-13(14)9-12/h2,12-14,16H,1,3-11H2. The van der Waals surface area contributed by atoms with Gasteiger partial charge in [-0.2, -0.15) is 0 Å². The van der Waals surface area contributed by atoms with Crippen LogP contribution in [-0.4, -0.2) is 25.7 Å². The van der Waals surface area contributed by atoms with Gasteiger partial charge < -0.3 is 9.57 Å². The Morgan fingerprint density at radius 1 is 1.26 bits per heavy atom. The lowest BCUT2D eigenvalue weighted by atomic mass is 9.89. The number of carbonyl (C=O) groups is 1. The fraction of sp³-hybridized carbons (Fsp3) is 0.800. The van der Waals surface area contributed by atoms with Crippen LogP contribution in [0.15, 0.2) is 12.7 Å². The molecule has 0 radical (unpaired) electrons. The number of hydrogen-bond donors (Lipinski definition) is 1. The molecule has 2 fully saturated rings. The molecule has 108 valence electrons. The lowest BCUT2D eigenvalue weighted by Crippen LogP contribution is -2.27. The third-order valence-corrected chi connectivity index (χ3v) is 4.38. The number of hydroxylamine groups is 1. The van der Waals surface area contributed by atoms with Gasteiger partial charge in [0.25, 0.3) is 0 Å². The maximum absolute atomic E-state index is 10.8. The second kappa shape index (κ2) is 7.65. The molecule has 2 bridgehead atoms. The zero-order valence-corrected chi connectivity index (χ0v) is 11.6. The average Bonchev–Trinajstić information content (AvgIpc) is 3.03. The predicted molar refractivity (Wildman–Crippen MR) is 73.3 cm³/mol. The largest absolute Gasteiger partial charge is 0.463 e. The van der Waals surface area contributed by atoms with Crippen molar-refractivity contribution in [1.29, 1.82) is 0 Å². The summed E-state index contributed by atoms with van der Waals surface area (Å²) in [5, 5.41) is 0. The maximum atomic E-state index is 10.8. The Hall–Kier alpha value is -0.870. The highest BCUT2D eigenvalue weighted by Gasteiger charge is 2.38. The minimum Gasteiger partial charge on any atom is -0.463 e. The highest BCUT2D eigenvalue weighted by atomic mass is 16.6. The molecule has 4 nitrogen and oxygen atoms in total. The maximum Gasteiger partial charge on any atom is 0.330 e. The van der Waals surface area contributed by atoms with Gasteiger partial charge in [-0.3, -0.25) is 0 Å². The van der Waals surface area contributed by atoms with Gasteiger partial charge in [-0.05, 0) is 49.9 Å². The van der Waals surface area contributed by atoms with E-state index in [4.69, 9.17) is 9.57 Å². The molecule has 0 aromatic carbocycles. The fourth-order valence-electron chi connectivity index (χ4n) is 3.37. The number of carbonyl (C=O) groups excluding carboxylic acids is 1. The molecule has 2 rings (SSSR count). The van der Waals surface area contributed by atoms with Crippen molar-refractivity contribution >= 4 is 5.97 Å². The van der Waals surface area contributed by atoms with E-state index in [0.29, 0.717) is 13.2 Å². The number of nitrogens with one attached hydrogen (secondary N) is 1. The molecule has 4 heteroatoms. The van der Waals surface area contributed by atoms with E-state index in [0.717, 1.165) is 37.1 Å². The molecule has 0 aromatic heterocycles. The van der Waals surface area contributed by atoms with Crippen LogP contribution in [0.25, 0.3) is 0 Å². The van der Waals surface area contributed by atoms with Gasteiger partial charge in [-0.1, -0.05) is 13.0 Å². The normalized spacial score (nSPS) is 28.5. The van der Waals surface area contributed by atoms with Crippen molar-refractivity contribution in [1.82, 2.24) is 5.48 Å². The van der Waals surface area contributed by atoms with E-state index in [1.54, 1.807) is 0 Å². The second-order valence-electron chi connectivity index (χ2n) is 5.71. The Labute approximate surface area is 115 Å². The Bertz CT molecular complexity index is 306. The second-order valence-corrected chi connectivity index (χ2v) is 5.71. The van der Waals surface area contributed by atoms with Gasteiger partial charge in [-0.25, -0.2) is 10.3 Å². The summed E-state index contributed by atoms with van der Waals surface area (Å²) in [6.45, 7) is 5.46. The van der Waals surface area contributed by atoms with Crippen molar-refractivity contribution < 1.29 is 14.4 Å². The van der Waals surface area contributed by atoms with Gasteiger partial charge in [-0.15, -0.1) is 0 Å². The summed E-state index contributed by atoms with van der Waals surface area (Å²) in [7, 11) is 0. The Morgan fingerprint density at radius 3 is 2.79 bits per heavy atom. The van der Waals surface area contributed by atoms with Gasteiger partial charge in [0.1, 0.15) is 0 Å². The van der Waals surface area contributed by atoms with Crippen molar-refractivity contribution in [3.63, 3.8) is 0 Å². The number of hydrogen-bond acceptors (Lipinski definition) is 4. The Kier molecular flexibility index (Phi) is 5.86. The SMILES string of the molecule is C=CC(=O)OCCCCONCC1CC2CCC1C2. The number of esters is 1. The summed E-state index contributed by atoms with van der Waals surface area (Å²) in [6.07, 6.45) is 8.62. The van der Waals surface area contributed by atoms with Crippen molar-refractivity contribution in [2.45, 2.75) is 38.5 Å². The molecule has 2 saturated carbocycles. The van der Waals surface area contributed by atoms with Crippen LogP contribution in [0.1, 0.15) is 38.5 Å². The van der Waals surface area contributed by atoms with Crippen molar-refractivity contribution in [2.75, 3.05) is 19.8 Å². The van der Waals surface area contributed by atoms with Gasteiger partial charge in [0, 0.05) is 12.6 Å². The summed E-state index contributed by atoms with van der Waals surface area (Å²) in [4.78, 5) is 16.2. The summed E-state index contributed by atoms with van der Waals surface area (Å²) in [5.41, 5.74) is 3.10. The van der Waals surface area contributed by atoms with E-state index >= 15 is 0 Å². The van der Waals surface area contributed by atoms with E-state index in [2.05, 4.69) is 12.1 Å². The van der Waals surface area contributed by atoms with Crippen LogP contribution in [-0.2, 0) is 14.4 Å². The highest BCUT2D eigenvalue weighted by Crippen LogP contribution is 2.47. The van der Waals surface area contributed by atoms with Gasteiger partial charge in [0.05, 0.1) is 13.2 Å². The molecular weight excluding hydrogens is 242 g/mol. The first-order chi connectivity index (χ1) is 9.29. The summed E-state index contributed by atoms with van der Waals surface area (Å²) >= 11 is 0. The minimum absolute atomic E-state index is 0.352. The Morgan fingerprint density at radius 2 is 2.11 bits per heavy atom. The first-order valence-corrected chi connectivity index (χ1v) is 7.43. The van der Waals surface area contributed by atoms with E-state index in [1.807, 2.05) is 0 Å². The molecule has 1 N–H and O–H groups in total. The van der Waals surface area contributed by atoms with Gasteiger partial charge in [0.15, 0.2) is 0 Å². The Balaban J connectivity index is 1.39. The fourth-order valence-corrected chi connectivity index (χ4v) is 3.37. The van der Waals surface area contributed by atoms with Crippen LogP contribution < -0.4 is 5.48 Å². The van der Waals surface area contributed by atoms with Gasteiger partial charge in [0.2, 0.25) is 0 Å². The number of fused-ring (bicyclic) bond motifs is 2. The van der Waals surface area contributed by atoms with Crippen molar-refractivity contribution in [2.24, 2.45) is 17.8 Å². The number of ether oxygens (including phenoxy) is 1. The van der Waals surface area contributed by atoms with Crippen molar-refractivity contribution in [3.8, 4) is 0 Å². The molecule has 0 amide bonds. The molecule has 2 aliphatic rings. The van der Waals surface area contributed by atoms with Crippen LogP contribution in [0, 0.1) is 17.8 Å². The van der Waals surface area contributed by atoms with Gasteiger partial charge >= 0.3 is 5.97 Å². The van der Waals surface area contributed by atoms with Crippen LogP contribution in [0.4, 0.5) is 0 Å². The van der Waals surface area contributed by atoms with Crippen LogP contribution in [0.2, 0.25) is 0 Å². The quantitative estimate of drug-likeness (QED) is 0.302. The molecule has 0 aromatic rings. The minimum atomic E-state index is -0.352. The molecule has 0 heterocycles. The van der Waals surface area contributed by atoms with Crippen LogP contribution >= 0.6 is 0 Å². The molecule has 19 heavy (non-hydrogen) atoms. The molecule has 3 atom stereocenters. The highest BCUT2D eigenvalue weighted by molar-refractivity contribution is 5.81. The summed E-state index contributed by atoms with van der Waals surface area (Å²) < 4.78 is 4.88. The lowest BCUT2D eigenvalue weighted by Gasteiger charge is -2.21. The van der Waals surface area contributed by atoms with Crippen molar-refractivity contribution in [3.05, 3.63) is 12.7 Å². The van der Waals surface area contributed by atoms with E-state index < -0.39 is 0 Å². The summed E-state index contributed by atoms with van der Waals surface area (Å²) in [5.74, 6) is 2.42. The monoisotopic (exact) mass is 267 g/mol. The molecule has 0 saturated heterocycles. The molecular formula is C15H25NO3. The molecule has 2 aliphatic carbocycles. The van der Waals surface area contributed by atoms with E-state index in [-0.39, 0.29) is 5.97 Å². The topological polar surface area (TPSA) is 47.6 Å². The third-order valence-electron chi connectivity index (χ3n) is 4.38. The molecule has 0 spiro atoms. The third kappa shape index (κ3) is 4.62. The lowest BCUT2D eigenvalue weighted by molar-refractivity contribution is -0.137. The first kappa shape index (κ1) is 14.5. The number of rotatable bonds is 9. The smallest absolute Gasteiger partial charge is 0.330 e. The zero-order chi connectivity index (χ0) is 13.5. The molecule has 3 unspecified atom stereocenters. The average molecular weight is 267 g/mol. The number of unbranched alkanes of at least 4 members (excludes halogenated alkanes) is 1. The first-order valence-electron chi connectivity index (χ1n) is 7.43. The summed E-state index contributed by atoms with van der Waals surface area (Å²) in [6, 6.07) is 0. The van der Waals surface area contributed by atoms with Crippen LogP contribution in [0.5, 0.6) is 0 Å². The van der Waals surface area contributed by atoms with E-state index in [1.165, 1.54) is 31.8 Å². The zero-order valence-electron chi connectivity index (χ0n) is 11.6.